The number of benzene rings is 2. The van der Waals surface area contributed by atoms with E-state index in [-0.39, 0.29) is 17.4 Å². The van der Waals surface area contributed by atoms with Crippen LogP contribution in [0.25, 0.3) is 55.8 Å². The number of pyridine rings is 2. The second kappa shape index (κ2) is 11.2. The summed E-state index contributed by atoms with van der Waals surface area (Å²) in [5.74, 6) is -0.369. The number of nitrogens with one attached hydrogen (secondary N) is 4. The number of aromatic nitrogens is 6. The van der Waals surface area contributed by atoms with Crippen molar-refractivity contribution in [2.24, 2.45) is 0 Å². The lowest BCUT2D eigenvalue weighted by molar-refractivity contribution is 0.425. The standard InChI is InChI=1S/C31H31F2N9/c1-17(2)37-23-11-20(15-34-16-23)18-12-24-28(25(33)13-18)40-41-29(24)31-38-26-5-6-36-27(30(26)39-31)19-9-21(32)14-22(10-19)35-7-8-42(3)4/h5-6,9-17,35,37H,7-8H2,1-4H3,(H,38,39)(H,40,41). The van der Waals surface area contributed by atoms with E-state index in [2.05, 4.69) is 35.8 Å². The topological polar surface area (TPSA) is 110 Å². The number of anilines is 2. The summed E-state index contributed by atoms with van der Waals surface area (Å²) in [6.45, 7) is 5.56. The molecule has 214 valence electrons. The lowest BCUT2D eigenvalue weighted by Gasteiger charge is -2.12. The number of hydrogen-bond acceptors (Lipinski definition) is 7. The van der Waals surface area contributed by atoms with E-state index in [0.717, 1.165) is 17.8 Å². The smallest absolute Gasteiger partial charge is 0.157 e. The molecule has 2 aromatic carbocycles. The van der Waals surface area contributed by atoms with Crippen molar-refractivity contribution in [3.05, 3.63) is 72.7 Å². The predicted molar refractivity (Wildman–Crippen MR) is 163 cm³/mol. The van der Waals surface area contributed by atoms with Gasteiger partial charge in [-0.2, -0.15) is 5.10 Å². The van der Waals surface area contributed by atoms with Crippen LogP contribution in [0.1, 0.15) is 13.8 Å². The van der Waals surface area contributed by atoms with Gasteiger partial charge in [0.05, 0.1) is 16.9 Å². The number of hydrogen-bond donors (Lipinski definition) is 4. The monoisotopic (exact) mass is 567 g/mol. The van der Waals surface area contributed by atoms with Crippen molar-refractivity contribution in [1.29, 1.82) is 0 Å². The molecule has 0 amide bonds. The van der Waals surface area contributed by atoms with E-state index in [0.29, 0.717) is 57.0 Å². The second-order valence-corrected chi connectivity index (χ2v) is 10.8. The molecule has 0 aliphatic rings. The Bertz CT molecular complexity index is 1890. The first-order valence-corrected chi connectivity index (χ1v) is 13.7. The van der Waals surface area contributed by atoms with E-state index in [9.17, 15) is 4.39 Å². The van der Waals surface area contributed by atoms with Crippen LogP contribution in [0.15, 0.2) is 61.1 Å². The molecule has 0 radical (unpaired) electrons. The summed E-state index contributed by atoms with van der Waals surface area (Å²) in [7, 11) is 3.97. The highest BCUT2D eigenvalue weighted by Crippen LogP contribution is 2.34. The van der Waals surface area contributed by atoms with Crippen molar-refractivity contribution in [3.8, 4) is 33.9 Å². The number of rotatable bonds is 9. The van der Waals surface area contributed by atoms with Gasteiger partial charge in [-0.05, 0) is 76.0 Å². The molecule has 9 nitrogen and oxygen atoms in total. The Balaban J connectivity index is 1.40. The summed E-state index contributed by atoms with van der Waals surface area (Å²) >= 11 is 0. The number of nitrogens with zero attached hydrogens (tertiary/aromatic N) is 5. The average Bonchev–Trinajstić information content (AvgIpc) is 3.57. The molecule has 0 spiro atoms. The number of aromatic amines is 2. The third-order valence-corrected chi connectivity index (χ3v) is 6.84. The van der Waals surface area contributed by atoms with E-state index in [4.69, 9.17) is 4.98 Å². The first kappa shape index (κ1) is 27.3. The third-order valence-electron chi connectivity index (χ3n) is 6.84. The summed E-state index contributed by atoms with van der Waals surface area (Å²) in [4.78, 5) is 19.0. The van der Waals surface area contributed by atoms with Crippen molar-refractivity contribution < 1.29 is 8.78 Å². The number of halogens is 2. The minimum atomic E-state index is -0.459. The molecule has 4 N–H and O–H groups in total. The molecule has 4 heterocycles. The molecule has 0 bridgehead atoms. The van der Waals surface area contributed by atoms with Gasteiger partial charge in [0, 0.05) is 59.9 Å². The van der Waals surface area contributed by atoms with Crippen LogP contribution < -0.4 is 10.6 Å². The van der Waals surface area contributed by atoms with Gasteiger partial charge in [0.15, 0.2) is 11.6 Å². The fourth-order valence-corrected chi connectivity index (χ4v) is 4.95. The number of fused-ring (bicyclic) bond motifs is 2. The van der Waals surface area contributed by atoms with Crippen LogP contribution in [0.2, 0.25) is 0 Å². The average molecular weight is 568 g/mol. The Kier molecular flexibility index (Phi) is 7.26. The Morgan fingerprint density at radius 1 is 0.929 bits per heavy atom. The minimum absolute atomic E-state index is 0.204. The highest BCUT2D eigenvalue weighted by Gasteiger charge is 2.19. The Morgan fingerprint density at radius 3 is 2.57 bits per heavy atom. The normalized spacial score (nSPS) is 11.7. The molecule has 0 saturated heterocycles. The van der Waals surface area contributed by atoms with Gasteiger partial charge in [0.25, 0.3) is 0 Å². The van der Waals surface area contributed by atoms with Crippen LogP contribution in [0.3, 0.4) is 0 Å². The first-order chi connectivity index (χ1) is 20.2. The SMILES string of the molecule is CC(C)Nc1cncc(-c2cc(F)c3n[nH]c(-c4nc5c(-c6cc(F)cc(NCCN(C)C)c6)nccc5[nH]4)c3c2)c1. The maximum atomic E-state index is 15.3. The quantitative estimate of drug-likeness (QED) is 0.162. The molecule has 6 aromatic rings. The van der Waals surface area contributed by atoms with Crippen molar-refractivity contribution in [1.82, 2.24) is 35.0 Å². The van der Waals surface area contributed by atoms with Crippen molar-refractivity contribution in [2.45, 2.75) is 19.9 Å². The van der Waals surface area contributed by atoms with Gasteiger partial charge < -0.3 is 20.5 Å². The second-order valence-electron chi connectivity index (χ2n) is 10.8. The van der Waals surface area contributed by atoms with E-state index < -0.39 is 5.82 Å². The Morgan fingerprint density at radius 2 is 1.76 bits per heavy atom. The molecule has 4 aromatic heterocycles. The van der Waals surface area contributed by atoms with E-state index in [1.807, 2.05) is 51.0 Å². The van der Waals surface area contributed by atoms with Crippen molar-refractivity contribution in [3.63, 3.8) is 0 Å². The fourth-order valence-electron chi connectivity index (χ4n) is 4.95. The highest BCUT2D eigenvalue weighted by atomic mass is 19.1. The first-order valence-electron chi connectivity index (χ1n) is 13.7. The molecule has 0 unspecified atom stereocenters. The van der Waals surface area contributed by atoms with Gasteiger partial charge in [0.1, 0.15) is 22.5 Å². The molecular formula is C31H31F2N9. The number of H-pyrrole nitrogens is 2. The highest BCUT2D eigenvalue weighted by molar-refractivity contribution is 5.98. The van der Waals surface area contributed by atoms with Crippen LogP contribution in [0.5, 0.6) is 0 Å². The molecular weight excluding hydrogens is 536 g/mol. The molecule has 0 fully saturated rings. The zero-order valence-electron chi connectivity index (χ0n) is 23.8. The van der Waals surface area contributed by atoms with Crippen LogP contribution in [-0.4, -0.2) is 68.3 Å². The summed E-state index contributed by atoms with van der Waals surface area (Å²) in [6, 6.07) is 12.1. The summed E-state index contributed by atoms with van der Waals surface area (Å²) in [5, 5.41) is 14.3. The maximum absolute atomic E-state index is 15.3. The molecule has 11 heteroatoms. The van der Waals surface area contributed by atoms with Gasteiger partial charge in [-0.3, -0.25) is 15.1 Å². The van der Waals surface area contributed by atoms with Crippen LogP contribution in [0, 0.1) is 11.6 Å². The fraction of sp³-hybridized carbons (Fsp3) is 0.226. The van der Waals surface area contributed by atoms with Crippen molar-refractivity contribution in [2.75, 3.05) is 37.8 Å². The van der Waals surface area contributed by atoms with Gasteiger partial charge in [-0.15, -0.1) is 0 Å². The molecule has 0 aliphatic carbocycles. The summed E-state index contributed by atoms with van der Waals surface area (Å²) < 4.78 is 29.9. The molecule has 0 saturated carbocycles. The molecule has 0 atom stereocenters. The number of imidazole rings is 1. The molecule has 6 rings (SSSR count). The van der Waals surface area contributed by atoms with Crippen LogP contribution >= 0.6 is 0 Å². The Labute approximate surface area is 241 Å². The molecule has 0 aliphatic heterocycles. The van der Waals surface area contributed by atoms with E-state index >= 15 is 4.39 Å². The number of likely N-dealkylation sites (N-methyl/N-ethyl adjacent to an activating group) is 1. The Hall–Kier alpha value is -4.90. The lowest BCUT2D eigenvalue weighted by Crippen LogP contribution is -2.20. The van der Waals surface area contributed by atoms with Gasteiger partial charge >= 0.3 is 0 Å². The minimum Gasteiger partial charge on any atom is -0.384 e. The predicted octanol–water partition coefficient (Wildman–Crippen LogP) is 6.30. The molecule has 42 heavy (non-hydrogen) atoms. The van der Waals surface area contributed by atoms with Crippen LogP contribution in [-0.2, 0) is 0 Å². The zero-order valence-corrected chi connectivity index (χ0v) is 23.8. The van der Waals surface area contributed by atoms with Crippen LogP contribution in [0.4, 0.5) is 20.2 Å². The lowest BCUT2D eigenvalue weighted by atomic mass is 10.0. The van der Waals surface area contributed by atoms with Gasteiger partial charge in [0.2, 0.25) is 0 Å². The third kappa shape index (κ3) is 5.51. The summed E-state index contributed by atoms with van der Waals surface area (Å²) in [6.07, 6.45) is 5.09. The van der Waals surface area contributed by atoms with E-state index in [1.54, 1.807) is 24.7 Å². The van der Waals surface area contributed by atoms with Crippen molar-refractivity contribution >= 4 is 33.3 Å². The van der Waals surface area contributed by atoms with Gasteiger partial charge in [-0.25, -0.2) is 13.8 Å². The largest absolute Gasteiger partial charge is 0.384 e. The van der Waals surface area contributed by atoms with E-state index in [1.165, 1.54) is 18.2 Å². The zero-order chi connectivity index (χ0) is 29.4. The summed E-state index contributed by atoms with van der Waals surface area (Å²) in [5.41, 5.74) is 6.06. The maximum Gasteiger partial charge on any atom is 0.157 e. The van der Waals surface area contributed by atoms with Gasteiger partial charge in [-0.1, -0.05) is 0 Å².